The Morgan fingerprint density at radius 2 is 1.96 bits per heavy atom. The van der Waals surface area contributed by atoms with Crippen LogP contribution in [0.25, 0.3) is 5.69 Å². The number of amides is 1. The lowest BCUT2D eigenvalue weighted by atomic mass is 10.1. The fourth-order valence-electron chi connectivity index (χ4n) is 2.99. The Kier molecular flexibility index (Phi) is 3.61. The van der Waals surface area contributed by atoms with Gasteiger partial charge in [-0.3, -0.25) is 4.79 Å². The zero-order valence-corrected chi connectivity index (χ0v) is 12.9. The molecule has 0 aliphatic heterocycles. The second-order valence-corrected chi connectivity index (χ2v) is 5.98. The summed E-state index contributed by atoms with van der Waals surface area (Å²) in [5, 5.41) is 3.01. The van der Waals surface area contributed by atoms with Gasteiger partial charge in [-0.2, -0.15) is 0 Å². The number of anilines is 1. The lowest BCUT2D eigenvalue weighted by Gasteiger charge is -2.11. The van der Waals surface area contributed by atoms with Crippen LogP contribution < -0.4 is 5.32 Å². The van der Waals surface area contributed by atoms with E-state index in [1.165, 1.54) is 12.1 Å². The maximum absolute atomic E-state index is 13.0. The minimum Gasteiger partial charge on any atom is -0.324 e. The highest BCUT2D eigenvalue weighted by Gasteiger charge is 2.44. The van der Waals surface area contributed by atoms with Crippen LogP contribution in [0.15, 0.2) is 67.3 Å². The van der Waals surface area contributed by atoms with Crippen LogP contribution in [-0.2, 0) is 4.79 Å². The molecule has 1 aromatic heterocycles. The molecule has 1 fully saturated rings. The van der Waals surface area contributed by atoms with Crippen LogP contribution in [0.5, 0.6) is 0 Å². The zero-order chi connectivity index (χ0) is 16.5. The number of benzene rings is 2. The molecule has 1 aliphatic rings. The van der Waals surface area contributed by atoms with Gasteiger partial charge < -0.3 is 9.88 Å². The van der Waals surface area contributed by atoms with E-state index in [9.17, 15) is 9.18 Å². The number of imidazole rings is 1. The average molecular weight is 321 g/mol. The third kappa shape index (κ3) is 2.80. The summed E-state index contributed by atoms with van der Waals surface area (Å²) in [5.41, 5.74) is 2.65. The molecular formula is C19H16FN3O. The first-order valence-electron chi connectivity index (χ1n) is 7.86. The Morgan fingerprint density at radius 1 is 1.17 bits per heavy atom. The van der Waals surface area contributed by atoms with Crippen molar-refractivity contribution in [3.8, 4) is 5.69 Å². The van der Waals surface area contributed by atoms with Crippen LogP contribution in [0.4, 0.5) is 10.1 Å². The predicted octanol–water partition coefficient (Wildman–Crippen LogP) is 3.75. The molecule has 1 saturated carbocycles. The molecule has 1 N–H and O–H groups in total. The van der Waals surface area contributed by atoms with Crippen LogP contribution in [0.1, 0.15) is 17.9 Å². The molecule has 0 spiro atoms. The molecule has 0 radical (unpaired) electrons. The molecule has 2 atom stereocenters. The Bertz CT molecular complexity index is 859. The topological polar surface area (TPSA) is 46.9 Å². The van der Waals surface area contributed by atoms with Gasteiger partial charge in [0.2, 0.25) is 5.91 Å². The molecule has 0 bridgehead atoms. The largest absolute Gasteiger partial charge is 0.324 e. The standard InChI is InChI=1S/C19H16FN3O/c20-14-7-5-13(6-8-14)15-11-16(15)19(24)22-17-3-1-2-4-18(17)23-10-9-21-12-23/h1-10,12,15-16H,11H2,(H,22,24)/t15-,16-/m1/s1. The van der Waals surface area contributed by atoms with Gasteiger partial charge in [-0.15, -0.1) is 0 Å². The van der Waals surface area contributed by atoms with Crippen LogP contribution in [0.2, 0.25) is 0 Å². The van der Waals surface area contributed by atoms with E-state index in [2.05, 4.69) is 10.3 Å². The van der Waals surface area contributed by atoms with Gasteiger partial charge >= 0.3 is 0 Å². The Labute approximate surface area is 139 Å². The summed E-state index contributed by atoms with van der Waals surface area (Å²) >= 11 is 0. The number of halogens is 1. The predicted molar refractivity (Wildman–Crippen MR) is 89.4 cm³/mol. The Hall–Kier alpha value is -2.95. The van der Waals surface area contributed by atoms with Crippen LogP contribution in [0, 0.1) is 11.7 Å². The molecule has 120 valence electrons. The highest BCUT2D eigenvalue weighted by atomic mass is 19.1. The number of nitrogens with one attached hydrogen (secondary N) is 1. The first kappa shape index (κ1) is 14.6. The fraction of sp³-hybridized carbons (Fsp3) is 0.158. The Morgan fingerprint density at radius 3 is 2.71 bits per heavy atom. The Balaban J connectivity index is 1.49. The SMILES string of the molecule is O=C(Nc1ccccc1-n1ccnc1)[C@@H]1C[C@@H]1c1ccc(F)cc1. The molecule has 1 amide bonds. The van der Waals surface area contributed by atoms with Crippen molar-refractivity contribution in [3.63, 3.8) is 0 Å². The minimum atomic E-state index is -0.255. The molecule has 4 rings (SSSR count). The number of para-hydroxylation sites is 2. The van der Waals surface area contributed by atoms with E-state index in [1.807, 2.05) is 35.0 Å². The molecule has 24 heavy (non-hydrogen) atoms. The van der Waals surface area contributed by atoms with Crippen molar-refractivity contribution < 1.29 is 9.18 Å². The van der Waals surface area contributed by atoms with Crippen molar-refractivity contribution in [1.82, 2.24) is 9.55 Å². The van der Waals surface area contributed by atoms with Crippen molar-refractivity contribution in [2.45, 2.75) is 12.3 Å². The monoisotopic (exact) mass is 321 g/mol. The number of carbonyl (C=O) groups excluding carboxylic acids is 1. The second-order valence-electron chi connectivity index (χ2n) is 5.98. The van der Waals surface area contributed by atoms with Gasteiger partial charge in [0, 0.05) is 18.3 Å². The number of carbonyl (C=O) groups is 1. The lowest BCUT2D eigenvalue weighted by molar-refractivity contribution is -0.117. The number of hydrogen-bond donors (Lipinski definition) is 1. The smallest absolute Gasteiger partial charge is 0.228 e. The molecule has 1 heterocycles. The summed E-state index contributed by atoms with van der Waals surface area (Å²) in [6.07, 6.45) is 6.03. The van der Waals surface area contributed by atoms with Gasteiger partial charge in [0.15, 0.2) is 0 Å². The van der Waals surface area contributed by atoms with Crippen LogP contribution >= 0.6 is 0 Å². The van der Waals surface area contributed by atoms with Gasteiger partial charge in [0.1, 0.15) is 5.82 Å². The average Bonchev–Trinajstić information content (AvgIpc) is 3.21. The highest BCUT2D eigenvalue weighted by molar-refractivity contribution is 5.96. The van der Waals surface area contributed by atoms with Gasteiger partial charge in [0.25, 0.3) is 0 Å². The molecule has 0 unspecified atom stereocenters. The maximum Gasteiger partial charge on any atom is 0.228 e. The van der Waals surface area contributed by atoms with E-state index < -0.39 is 0 Å². The molecule has 5 heteroatoms. The normalized spacial score (nSPS) is 19.0. The summed E-state index contributed by atoms with van der Waals surface area (Å²) in [7, 11) is 0. The van der Waals surface area contributed by atoms with E-state index in [4.69, 9.17) is 0 Å². The van der Waals surface area contributed by atoms with Crippen molar-refractivity contribution in [1.29, 1.82) is 0 Å². The second kappa shape index (κ2) is 5.92. The van der Waals surface area contributed by atoms with E-state index in [0.717, 1.165) is 23.4 Å². The summed E-state index contributed by atoms with van der Waals surface area (Å²) < 4.78 is 14.9. The quantitative estimate of drug-likeness (QED) is 0.795. The summed E-state index contributed by atoms with van der Waals surface area (Å²) in [4.78, 5) is 16.6. The molecule has 3 aromatic rings. The molecule has 4 nitrogen and oxygen atoms in total. The summed E-state index contributed by atoms with van der Waals surface area (Å²) in [6.45, 7) is 0. The van der Waals surface area contributed by atoms with E-state index in [-0.39, 0.29) is 23.6 Å². The minimum absolute atomic E-state index is 0.00288. The van der Waals surface area contributed by atoms with E-state index in [0.29, 0.717) is 0 Å². The third-order valence-electron chi connectivity index (χ3n) is 4.37. The van der Waals surface area contributed by atoms with Gasteiger partial charge in [-0.05, 0) is 42.2 Å². The van der Waals surface area contributed by atoms with Crippen molar-refractivity contribution >= 4 is 11.6 Å². The first-order valence-corrected chi connectivity index (χ1v) is 7.86. The molecular weight excluding hydrogens is 305 g/mol. The molecule has 1 aliphatic carbocycles. The van der Waals surface area contributed by atoms with Crippen LogP contribution in [0.3, 0.4) is 0 Å². The van der Waals surface area contributed by atoms with E-state index in [1.54, 1.807) is 24.7 Å². The number of hydrogen-bond acceptors (Lipinski definition) is 2. The number of rotatable bonds is 4. The van der Waals surface area contributed by atoms with Gasteiger partial charge in [0.05, 0.1) is 17.7 Å². The summed E-state index contributed by atoms with van der Waals surface area (Å²) in [6, 6.07) is 14.0. The van der Waals surface area contributed by atoms with Crippen LogP contribution in [-0.4, -0.2) is 15.5 Å². The van der Waals surface area contributed by atoms with Gasteiger partial charge in [-0.25, -0.2) is 9.37 Å². The van der Waals surface area contributed by atoms with Gasteiger partial charge in [-0.1, -0.05) is 24.3 Å². The van der Waals surface area contributed by atoms with Crippen molar-refractivity contribution in [2.75, 3.05) is 5.32 Å². The third-order valence-corrected chi connectivity index (χ3v) is 4.37. The van der Waals surface area contributed by atoms with E-state index >= 15 is 0 Å². The number of nitrogens with zero attached hydrogens (tertiary/aromatic N) is 2. The zero-order valence-electron chi connectivity index (χ0n) is 12.9. The summed E-state index contributed by atoms with van der Waals surface area (Å²) in [5.74, 6) is -0.149. The van der Waals surface area contributed by atoms with Crippen molar-refractivity contribution in [2.24, 2.45) is 5.92 Å². The first-order chi connectivity index (χ1) is 11.7. The molecule has 0 saturated heterocycles. The molecule has 2 aromatic carbocycles. The number of aromatic nitrogens is 2. The lowest BCUT2D eigenvalue weighted by Crippen LogP contribution is -2.16. The van der Waals surface area contributed by atoms with Crippen molar-refractivity contribution in [3.05, 3.63) is 78.6 Å². The fourth-order valence-corrected chi connectivity index (χ4v) is 2.99. The maximum atomic E-state index is 13.0. The highest BCUT2D eigenvalue weighted by Crippen LogP contribution is 2.48.